The van der Waals surface area contributed by atoms with E-state index in [1.54, 1.807) is 36.4 Å². The average Bonchev–Trinajstić information content (AvgIpc) is 3.27. The summed E-state index contributed by atoms with van der Waals surface area (Å²) < 4.78 is 26.9. The molecule has 1 aliphatic heterocycles. The van der Waals surface area contributed by atoms with Crippen LogP contribution in [0.2, 0.25) is 0 Å². The number of halogens is 1. The number of carbonyl (C=O) groups excluding carboxylic acids is 1. The van der Waals surface area contributed by atoms with Gasteiger partial charge in [0, 0.05) is 29.4 Å². The highest BCUT2D eigenvalue weighted by molar-refractivity contribution is 7.91. The molecule has 1 fully saturated rings. The minimum absolute atomic E-state index is 0. The molecule has 4 aromatic rings. The van der Waals surface area contributed by atoms with Crippen molar-refractivity contribution in [1.82, 2.24) is 15.1 Å². The molecule has 0 aliphatic carbocycles. The normalized spacial score (nSPS) is 14.7. The number of nitrogens with one attached hydrogen (secondary N) is 2. The second-order valence-corrected chi connectivity index (χ2v) is 10.3. The van der Waals surface area contributed by atoms with E-state index in [0.29, 0.717) is 28.4 Å². The third kappa shape index (κ3) is 4.80. The van der Waals surface area contributed by atoms with E-state index >= 15 is 0 Å². The average molecular weight is 499 g/mol. The van der Waals surface area contributed by atoms with Crippen LogP contribution in [-0.2, 0) is 14.6 Å². The number of fused-ring (bicyclic) bond motifs is 2. The number of rotatable bonds is 6. The van der Waals surface area contributed by atoms with Crippen molar-refractivity contribution in [2.24, 2.45) is 0 Å². The number of aromatic amines is 1. The topological polar surface area (TPSA) is 95.2 Å². The van der Waals surface area contributed by atoms with Gasteiger partial charge in [0.15, 0.2) is 5.03 Å². The van der Waals surface area contributed by atoms with Crippen LogP contribution in [0.3, 0.4) is 0 Å². The summed E-state index contributed by atoms with van der Waals surface area (Å²) in [4.78, 5) is 15.0. The van der Waals surface area contributed by atoms with Crippen molar-refractivity contribution in [3.8, 4) is 0 Å². The molecule has 0 saturated carbocycles. The molecule has 3 aromatic carbocycles. The largest absolute Gasteiger partial charge is 0.326 e. The van der Waals surface area contributed by atoms with Gasteiger partial charge in [-0.15, -0.1) is 12.4 Å². The second-order valence-electron chi connectivity index (χ2n) is 8.47. The Bertz CT molecular complexity index is 1420. The fourth-order valence-corrected chi connectivity index (χ4v) is 6.05. The summed E-state index contributed by atoms with van der Waals surface area (Å²) in [6.45, 7) is 2.87. The lowest BCUT2D eigenvalue weighted by Gasteiger charge is -2.25. The van der Waals surface area contributed by atoms with Crippen molar-refractivity contribution in [3.05, 3.63) is 60.7 Å². The van der Waals surface area contributed by atoms with E-state index in [2.05, 4.69) is 20.4 Å². The number of hydrogen-bond acceptors (Lipinski definition) is 5. The van der Waals surface area contributed by atoms with Crippen LogP contribution >= 0.6 is 12.4 Å². The Morgan fingerprint density at radius 2 is 1.74 bits per heavy atom. The molecular weight excluding hydrogens is 472 g/mol. The number of amides is 1. The van der Waals surface area contributed by atoms with Gasteiger partial charge in [0.25, 0.3) is 0 Å². The van der Waals surface area contributed by atoms with Gasteiger partial charge in [-0.25, -0.2) is 8.42 Å². The van der Waals surface area contributed by atoms with Crippen LogP contribution in [0.1, 0.15) is 25.7 Å². The molecule has 5 rings (SSSR count). The summed E-state index contributed by atoms with van der Waals surface area (Å²) in [5.74, 6) is -0.0527. The van der Waals surface area contributed by atoms with E-state index in [9.17, 15) is 13.2 Å². The Morgan fingerprint density at radius 1 is 0.971 bits per heavy atom. The first kappa shape index (κ1) is 24.2. The molecule has 2 N–H and O–H groups in total. The second kappa shape index (κ2) is 10.1. The van der Waals surface area contributed by atoms with Crippen LogP contribution in [0.5, 0.6) is 0 Å². The molecule has 0 bridgehead atoms. The minimum atomic E-state index is -3.84. The number of sulfone groups is 1. The monoisotopic (exact) mass is 498 g/mol. The summed E-state index contributed by atoms with van der Waals surface area (Å²) in [6.07, 6.45) is 4.09. The van der Waals surface area contributed by atoms with Crippen LogP contribution < -0.4 is 5.32 Å². The molecule has 1 saturated heterocycles. The maximum Gasteiger partial charge on any atom is 0.226 e. The van der Waals surface area contributed by atoms with Gasteiger partial charge >= 0.3 is 0 Å². The molecule has 0 radical (unpaired) electrons. The maximum atomic E-state index is 13.5. The number of H-pyrrole nitrogens is 1. The van der Waals surface area contributed by atoms with Gasteiger partial charge < -0.3 is 10.2 Å². The van der Waals surface area contributed by atoms with Gasteiger partial charge in [0.1, 0.15) is 0 Å². The lowest BCUT2D eigenvalue weighted by molar-refractivity contribution is -0.116. The van der Waals surface area contributed by atoms with Gasteiger partial charge in [-0.3, -0.25) is 9.89 Å². The van der Waals surface area contributed by atoms with Crippen molar-refractivity contribution in [1.29, 1.82) is 0 Å². The van der Waals surface area contributed by atoms with Gasteiger partial charge in [0.2, 0.25) is 15.7 Å². The van der Waals surface area contributed by atoms with E-state index in [1.807, 2.05) is 24.3 Å². The van der Waals surface area contributed by atoms with Crippen molar-refractivity contribution in [2.75, 3.05) is 25.0 Å². The van der Waals surface area contributed by atoms with E-state index in [-0.39, 0.29) is 28.2 Å². The van der Waals surface area contributed by atoms with Crippen LogP contribution in [0.15, 0.2) is 70.6 Å². The molecule has 178 valence electrons. The van der Waals surface area contributed by atoms with Gasteiger partial charge in [-0.2, -0.15) is 5.10 Å². The number of nitrogens with zero attached hydrogens (tertiary/aromatic N) is 2. The zero-order chi connectivity index (χ0) is 22.8. The van der Waals surface area contributed by atoms with Gasteiger partial charge in [-0.1, -0.05) is 42.8 Å². The molecule has 1 amide bonds. The SMILES string of the molecule is Cl.O=C(CCN1CCCCC1)Nc1ccc2c(S(=O)(=O)c3cccc4ccccc34)n[nH]c2c1. The molecule has 0 spiro atoms. The Morgan fingerprint density at radius 3 is 2.56 bits per heavy atom. The number of carbonyl (C=O) groups is 1. The first-order chi connectivity index (χ1) is 16.0. The standard InChI is InChI=1S/C25H26N4O3S.ClH/c30-24(13-16-29-14-4-1-5-15-29)26-19-11-12-21-22(17-19)27-28-25(21)33(31,32)23-10-6-8-18-7-2-3-9-20(18)23;/h2-3,6-12,17H,1,4-5,13-16H2,(H,26,30)(H,27,28);1H. The fourth-order valence-electron chi connectivity index (χ4n) is 4.48. The van der Waals surface area contributed by atoms with Crippen molar-refractivity contribution < 1.29 is 13.2 Å². The zero-order valence-corrected chi connectivity index (χ0v) is 20.3. The number of hydrogen-bond donors (Lipinski definition) is 2. The predicted octanol–water partition coefficient (Wildman–Crippen LogP) is 4.79. The Labute approximate surface area is 204 Å². The van der Waals surface area contributed by atoms with Crippen LogP contribution in [0, 0.1) is 0 Å². The summed E-state index contributed by atoms with van der Waals surface area (Å²) in [5.41, 5.74) is 1.17. The first-order valence-electron chi connectivity index (χ1n) is 11.3. The Balaban J connectivity index is 0.00000274. The molecule has 1 aliphatic rings. The van der Waals surface area contributed by atoms with E-state index in [1.165, 1.54) is 19.3 Å². The molecule has 1 aromatic heterocycles. The summed E-state index contributed by atoms with van der Waals surface area (Å²) in [5, 5.41) is 11.9. The predicted molar refractivity (Wildman–Crippen MR) is 136 cm³/mol. The van der Waals surface area contributed by atoms with Crippen molar-refractivity contribution >= 4 is 55.5 Å². The van der Waals surface area contributed by atoms with E-state index < -0.39 is 9.84 Å². The molecule has 2 heterocycles. The number of aromatic nitrogens is 2. The van der Waals surface area contributed by atoms with Gasteiger partial charge in [-0.05, 0) is 55.6 Å². The summed E-state index contributed by atoms with van der Waals surface area (Å²) in [7, 11) is -3.84. The van der Waals surface area contributed by atoms with Crippen LogP contribution in [-0.4, -0.2) is 49.1 Å². The third-order valence-corrected chi connectivity index (χ3v) is 7.96. The maximum absolute atomic E-state index is 13.5. The molecule has 34 heavy (non-hydrogen) atoms. The minimum Gasteiger partial charge on any atom is -0.326 e. The van der Waals surface area contributed by atoms with E-state index in [0.717, 1.165) is 25.0 Å². The van der Waals surface area contributed by atoms with Gasteiger partial charge in [0.05, 0.1) is 10.4 Å². The number of piperidine rings is 1. The van der Waals surface area contributed by atoms with Crippen molar-refractivity contribution in [3.63, 3.8) is 0 Å². The first-order valence-corrected chi connectivity index (χ1v) is 12.7. The van der Waals surface area contributed by atoms with Crippen LogP contribution in [0.25, 0.3) is 21.7 Å². The highest BCUT2D eigenvalue weighted by atomic mass is 35.5. The highest BCUT2D eigenvalue weighted by Gasteiger charge is 2.25. The Hall–Kier alpha value is -2.94. The van der Waals surface area contributed by atoms with E-state index in [4.69, 9.17) is 0 Å². The molecule has 0 atom stereocenters. The molecule has 7 nitrogen and oxygen atoms in total. The quantitative estimate of drug-likeness (QED) is 0.398. The third-order valence-electron chi connectivity index (χ3n) is 6.21. The lowest BCUT2D eigenvalue weighted by Crippen LogP contribution is -2.32. The van der Waals surface area contributed by atoms with Crippen molar-refractivity contribution in [2.45, 2.75) is 35.6 Å². The van der Waals surface area contributed by atoms with Crippen LogP contribution in [0.4, 0.5) is 5.69 Å². The zero-order valence-electron chi connectivity index (χ0n) is 18.7. The summed E-state index contributed by atoms with van der Waals surface area (Å²) >= 11 is 0. The Kier molecular flexibility index (Phi) is 7.21. The smallest absolute Gasteiger partial charge is 0.226 e. The number of anilines is 1. The lowest BCUT2D eigenvalue weighted by atomic mass is 10.1. The molecule has 0 unspecified atom stereocenters. The fraction of sp³-hybridized carbons (Fsp3) is 0.280. The molecular formula is C25H27ClN4O3S. The molecule has 9 heteroatoms. The summed E-state index contributed by atoms with van der Waals surface area (Å²) in [6, 6.07) is 17.8. The number of likely N-dealkylation sites (tertiary alicyclic amines) is 1. The highest BCUT2D eigenvalue weighted by Crippen LogP contribution is 2.31. The number of benzene rings is 3.